The van der Waals surface area contributed by atoms with E-state index in [1.54, 1.807) is 18.5 Å². The smallest absolute Gasteiger partial charge is 0.331 e. The molecule has 3 nitrogen and oxygen atoms in total. The lowest BCUT2D eigenvalue weighted by atomic mass is 10.1. The van der Waals surface area contributed by atoms with Crippen molar-refractivity contribution < 1.29 is 9.53 Å². The van der Waals surface area contributed by atoms with Crippen LogP contribution in [-0.4, -0.2) is 16.6 Å². The molecule has 0 aliphatic rings. The Labute approximate surface area is 112 Å². The Morgan fingerprint density at radius 2 is 1.95 bits per heavy atom. The summed E-state index contributed by atoms with van der Waals surface area (Å²) in [6.07, 6.45) is 6.72. The van der Waals surface area contributed by atoms with Crippen molar-refractivity contribution in [3.05, 3.63) is 48.3 Å². The second-order valence-corrected chi connectivity index (χ2v) is 5.32. The standard InChI is InChI=1S/C16H17NO2/c1-16(2,3)19-15(18)9-8-13-11-17-10-12-6-4-5-7-14(12)13/h4-11H,1-3H3/b9-8+. The van der Waals surface area contributed by atoms with Crippen molar-refractivity contribution in [3.8, 4) is 0 Å². The van der Waals surface area contributed by atoms with Crippen molar-refractivity contribution in [2.75, 3.05) is 0 Å². The summed E-state index contributed by atoms with van der Waals surface area (Å²) in [6.45, 7) is 5.54. The first-order valence-electron chi connectivity index (χ1n) is 6.19. The summed E-state index contributed by atoms with van der Waals surface area (Å²) in [4.78, 5) is 15.8. The summed E-state index contributed by atoms with van der Waals surface area (Å²) in [6, 6.07) is 7.93. The van der Waals surface area contributed by atoms with Crippen LogP contribution in [-0.2, 0) is 9.53 Å². The third-order valence-corrected chi connectivity index (χ3v) is 2.50. The fraction of sp³-hybridized carbons (Fsp3) is 0.250. The molecule has 98 valence electrons. The molecule has 2 rings (SSSR count). The highest BCUT2D eigenvalue weighted by Crippen LogP contribution is 2.18. The molecule has 1 aromatic heterocycles. The van der Waals surface area contributed by atoms with Gasteiger partial charge in [0.2, 0.25) is 0 Å². The van der Waals surface area contributed by atoms with Gasteiger partial charge < -0.3 is 4.74 Å². The van der Waals surface area contributed by atoms with E-state index in [0.29, 0.717) is 0 Å². The molecule has 0 spiro atoms. The van der Waals surface area contributed by atoms with Crippen LogP contribution in [0.3, 0.4) is 0 Å². The molecular formula is C16H17NO2. The largest absolute Gasteiger partial charge is 0.457 e. The van der Waals surface area contributed by atoms with Crippen molar-refractivity contribution in [2.45, 2.75) is 26.4 Å². The minimum absolute atomic E-state index is 0.347. The average Bonchev–Trinajstić information content (AvgIpc) is 2.34. The summed E-state index contributed by atoms with van der Waals surface area (Å²) in [5.74, 6) is -0.347. The predicted molar refractivity (Wildman–Crippen MR) is 76.6 cm³/mol. The number of rotatable bonds is 2. The first-order valence-corrected chi connectivity index (χ1v) is 6.19. The van der Waals surface area contributed by atoms with Crippen molar-refractivity contribution in [2.24, 2.45) is 0 Å². The van der Waals surface area contributed by atoms with Crippen LogP contribution in [0.5, 0.6) is 0 Å². The van der Waals surface area contributed by atoms with Crippen molar-refractivity contribution in [1.29, 1.82) is 0 Å². The maximum atomic E-state index is 11.6. The van der Waals surface area contributed by atoms with E-state index in [1.165, 1.54) is 6.08 Å². The highest BCUT2D eigenvalue weighted by atomic mass is 16.6. The van der Waals surface area contributed by atoms with E-state index in [4.69, 9.17) is 4.74 Å². The van der Waals surface area contributed by atoms with E-state index >= 15 is 0 Å². The summed E-state index contributed by atoms with van der Waals surface area (Å²) >= 11 is 0. The Morgan fingerprint density at radius 3 is 2.68 bits per heavy atom. The number of pyridine rings is 1. The topological polar surface area (TPSA) is 39.2 Å². The number of carbonyl (C=O) groups is 1. The molecular weight excluding hydrogens is 238 g/mol. The lowest BCUT2D eigenvalue weighted by Crippen LogP contribution is -2.22. The van der Waals surface area contributed by atoms with Gasteiger partial charge in [-0.25, -0.2) is 4.79 Å². The van der Waals surface area contributed by atoms with E-state index in [9.17, 15) is 4.79 Å². The third-order valence-electron chi connectivity index (χ3n) is 2.50. The average molecular weight is 255 g/mol. The van der Waals surface area contributed by atoms with Crippen LogP contribution >= 0.6 is 0 Å². The Kier molecular flexibility index (Phi) is 3.65. The summed E-state index contributed by atoms with van der Waals surface area (Å²) < 4.78 is 5.23. The summed E-state index contributed by atoms with van der Waals surface area (Å²) in [7, 11) is 0. The van der Waals surface area contributed by atoms with Crippen LogP contribution in [0, 0.1) is 0 Å². The lowest BCUT2D eigenvalue weighted by molar-refractivity contribution is -0.148. The molecule has 0 aliphatic carbocycles. The van der Waals surface area contributed by atoms with E-state index in [2.05, 4.69) is 4.98 Å². The molecule has 0 saturated carbocycles. The molecule has 3 heteroatoms. The number of hydrogen-bond acceptors (Lipinski definition) is 3. The molecule has 1 heterocycles. The fourth-order valence-corrected chi connectivity index (χ4v) is 1.77. The molecule has 1 aromatic carbocycles. The van der Waals surface area contributed by atoms with Gasteiger partial charge in [-0.3, -0.25) is 4.98 Å². The Balaban J connectivity index is 2.24. The van der Waals surface area contributed by atoms with Gasteiger partial charge in [-0.15, -0.1) is 0 Å². The summed E-state index contributed by atoms with van der Waals surface area (Å²) in [5.41, 5.74) is 0.433. The van der Waals surface area contributed by atoms with Gasteiger partial charge in [0.25, 0.3) is 0 Å². The van der Waals surface area contributed by atoms with Crippen LogP contribution in [0.4, 0.5) is 0 Å². The Morgan fingerprint density at radius 1 is 1.21 bits per heavy atom. The zero-order chi connectivity index (χ0) is 13.9. The number of esters is 1. The predicted octanol–water partition coefficient (Wildman–Crippen LogP) is 3.59. The molecule has 0 radical (unpaired) electrons. The van der Waals surface area contributed by atoms with E-state index in [0.717, 1.165) is 16.3 Å². The maximum Gasteiger partial charge on any atom is 0.331 e. The highest BCUT2D eigenvalue weighted by Gasteiger charge is 2.13. The molecule has 0 bridgehead atoms. The molecule has 0 aliphatic heterocycles. The van der Waals surface area contributed by atoms with E-state index < -0.39 is 5.60 Å². The normalized spacial score (nSPS) is 11.9. The van der Waals surface area contributed by atoms with E-state index in [1.807, 2.05) is 45.0 Å². The minimum Gasteiger partial charge on any atom is -0.457 e. The molecule has 0 amide bonds. The maximum absolute atomic E-state index is 11.6. The van der Waals surface area contributed by atoms with Gasteiger partial charge in [0.15, 0.2) is 0 Å². The number of carbonyl (C=O) groups excluding carboxylic acids is 1. The number of ether oxygens (including phenoxy) is 1. The van der Waals surface area contributed by atoms with Gasteiger partial charge in [-0.2, -0.15) is 0 Å². The van der Waals surface area contributed by atoms with Gasteiger partial charge in [0.1, 0.15) is 5.60 Å². The monoisotopic (exact) mass is 255 g/mol. The van der Waals surface area contributed by atoms with Crippen molar-refractivity contribution in [3.63, 3.8) is 0 Å². The second kappa shape index (κ2) is 5.22. The number of nitrogens with zero attached hydrogens (tertiary/aromatic N) is 1. The van der Waals surface area contributed by atoms with Gasteiger partial charge in [-0.1, -0.05) is 24.3 Å². The number of hydrogen-bond donors (Lipinski definition) is 0. The first kappa shape index (κ1) is 13.3. The molecule has 0 fully saturated rings. The minimum atomic E-state index is -0.474. The molecule has 19 heavy (non-hydrogen) atoms. The lowest BCUT2D eigenvalue weighted by Gasteiger charge is -2.17. The van der Waals surface area contributed by atoms with Gasteiger partial charge in [-0.05, 0) is 32.2 Å². The molecule has 0 atom stereocenters. The van der Waals surface area contributed by atoms with Gasteiger partial charge in [0, 0.05) is 29.4 Å². The highest BCUT2D eigenvalue weighted by molar-refractivity contribution is 5.94. The molecule has 0 N–H and O–H groups in total. The number of benzene rings is 1. The number of fused-ring (bicyclic) bond motifs is 1. The van der Waals surface area contributed by atoms with E-state index in [-0.39, 0.29) is 5.97 Å². The molecule has 0 saturated heterocycles. The van der Waals surface area contributed by atoms with Gasteiger partial charge >= 0.3 is 5.97 Å². The van der Waals surface area contributed by atoms with Crippen LogP contribution in [0.2, 0.25) is 0 Å². The molecule has 0 unspecified atom stereocenters. The van der Waals surface area contributed by atoms with Crippen LogP contribution < -0.4 is 0 Å². The zero-order valence-corrected chi connectivity index (χ0v) is 11.4. The zero-order valence-electron chi connectivity index (χ0n) is 11.4. The number of aromatic nitrogens is 1. The SMILES string of the molecule is CC(C)(C)OC(=O)/C=C/c1cncc2ccccc12. The van der Waals surface area contributed by atoms with Crippen LogP contribution in [0.25, 0.3) is 16.8 Å². The van der Waals surface area contributed by atoms with Crippen LogP contribution in [0.1, 0.15) is 26.3 Å². The molecule has 2 aromatic rings. The Hall–Kier alpha value is -2.16. The third kappa shape index (κ3) is 3.65. The summed E-state index contributed by atoms with van der Waals surface area (Å²) in [5, 5.41) is 2.12. The van der Waals surface area contributed by atoms with Crippen LogP contribution in [0.15, 0.2) is 42.7 Å². The quantitative estimate of drug-likeness (QED) is 0.608. The Bertz CT molecular complexity index is 619. The first-order chi connectivity index (χ1) is 8.96. The van der Waals surface area contributed by atoms with Crippen molar-refractivity contribution >= 4 is 22.8 Å². The van der Waals surface area contributed by atoms with Gasteiger partial charge in [0.05, 0.1) is 0 Å². The fourth-order valence-electron chi connectivity index (χ4n) is 1.77. The second-order valence-electron chi connectivity index (χ2n) is 5.32. The van der Waals surface area contributed by atoms with Crippen molar-refractivity contribution in [1.82, 2.24) is 4.98 Å².